The molecule has 0 spiro atoms. The van der Waals surface area contributed by atoms with E-state index in [0.29, 0.717) is 5.82 Å². The summed E-state index contributed by atoms with van der Waals surface area (Å²) in [5.41, 5.74) is 7.15. The van der Waals surface area contributed by atoms with Crippen LogP contribution in [0.5, 0.6) is 0 Å². The van der Waals surface area contributed by atoms with Crippen molar-refractivity contribution in [1.29, 1.82) is 0 Å². The van der Waals surface area contributed by atoms with E-state index in [9.17, 15) is 10.1 Å². The van der Waals surface area contributed by atoms with Gasteiger partial charge in [0.05, 0.1) is 16.0 Å². The van der Waals surface area contributed by atoms with Crippen LogP contribution >= 0.6 is 0 Å². The van der Waals surface area contributed by atoms with Gasteiger partial charge in [0.15, 0.2) is 0 Å². The highest BCUT2D eigenvalue weighted by Crippen LogP contribution is 2.24. The Morgan fingerprint density at radius 1 is 1.20 bits per heavy atom. The van der Waals surface area contributed by atoms with Gasteiger partial charge in [-0.1, -0.05) is 12.1 Å². The number of nitrogens with zero attached hydrogens (tertiary/aromatic N) is 4. The number of nitrogen functional groups attached to an aromatic ring is 1. The first-order chi connectivity index (χ1) is 9.58. The Kier molecular flexibility index (Phi) is 2.60. The number of benzene rings is 1. The number of nitrogens with two attached hydrogens (primary N) is 1. The predicted molar refractivity (Wildman–Crippen MR) is 74.7 cm³/mol. The van der Waals surface area contributed by atoms with Crippen LogP contribution in [0.4, 0.5) is 11.5 Å². The normalized spacial score (nSPS) is 10.8. The Labute approximate surface area is 113 Å². The molecule has 1 aromatic carbocycles. The van der Waals surface area contributed by atoms with Crippen molar-refractivity contribution in [3.63, 3.8) is 0 Å². The standard InChI is InChI=1S/C13H11N5O2/c1-8-15-9-4-2-3-5-10(9)17(8)12-7-6-11(18(19)20)13(14)16-12/h2-7H,1H3,(H2,14,16). The fourth-order valence-corrected chi connectivity index (χ4v) is 2.17. The van der Waals surface area contributed by atoms with Crippen LogP contribution < -0.4 is 5.73 Å². The second-order valence-electron chi connectivity index (χ2n) is 4.31. The average Bonchev–Trinajstić information content (AvgIpc) is 2.73. The van der Waals surface area contributed by atoms with Crippen LogP contribution in [-0.2, 0) is 0 Å². The number of hydrogen-bond donors (Lipinski definition) is 1. The number of para-hydroxylation sites is 2. The maximum absolute atomic E-state index is 10.8. The Morgan fingerprint density at radius 2 is 1.95 bits per heavy atom. The number of nitro groups is 1. The van der Waals surface area contributed by atoms with E-state index in [-0.39, 0.29) is 11.5 Å². The van der Waals surface area contributed by atoms with Crippen molar-refractivity contribution in [1.82, 2.24) is 14.5 Å². The molecule has 0 saturated heterocycles. The molecule has 2 N–H and O–H groups in total. The number of aromatic nitrogens is 3. The van der Waals surface area contributed by atoms with Crippen LogP contribution in [0.15, 0.2) is 36.4 Å². The van der Waals surface area contributed by atoms with E-state index in [2.05, 4.69) is 9.97 Å². The number of hydrogen-bond acceptors (Lipinski definition) is 5. The van der Waals surface area contributed by atoms with Crippen LogP contribution in [0.25, 0.3) is 16.9 Å². The fraction of sp³-hybridized carbons (Fsp3) is 0.0769. The summed E-state index contributed by atoms with van der Waals surface area (Å²) in [4.78, 5) is 18.7. The van der Waals surface area contributed by atoms with Gasteiger partial charge >= 0.3 is 5.69 Å². The zero-order chi connectivity index (χ0) is 14.3. The SMILES string of the molecule is Cc1nc2ccccc2n1-c1ccc([N+](=O)[O-])c(N)n1. The van der Waals surface area contributed by atoms with E-state index < -0.39 is 4.92 Å². The van der Waals surface area contributed by atoms with E-state index in [1.54, 1.807) is 6.07 Å². The summed E-state index contributed by atoms with van der Waals surface area (Å²) in [6, 6.07) is 10.5. The highest BCUT2D eigenvalue weighted by atomic mass is 16.6. The summed E-state index contributed by atoms with van der Waals surface area (Å²) in [5, 5.41) is 10.8. The second-order valence-corrected chi connectivity index (χ2v) is 4.31. The zero-order valence-electron chi connectivity index (χ0n) is 10.6. The molecule has 0 fully saturated rings. The van der Waals surface area contributed by atoms with Crippen LogP contribution in [0.1, 0.15) is 5.82 Å². The first-order valence-corrected chi connectivity index (χ1v) is 5.93. The maximum atomic E-state index is 10.8. The van der Waals surface area contributed by atoms with Gasteiger partial charge in [-0.15, -0.1) is 0 Å². The molecule has 7 nitrogen and oxygen atoms in total. The highest BCUT2D eigenvalue weighted by molar-refractivity contribution is 5.78. The van der Waals surface area contributed by atoms with Crippen LogP contribution in [0.3, 0.4) is 0 Å². The summed E-state index contributed by atoms with van der Waals surface area (Å²) >= 11 is 0. The number of imidazole rings is 1. The quantitative estimate of drug-likeness (QED) is 0.568. The molecule has 100 valence electrons. The Hall–Kier alpha value is -2.96. The van der Waals surface area contributed by atoms with Crippen molar-refractivity contribution in [2.75, 3.05) is 5.73 Å². The average molecular weight is 269 g/mol. The third-order valence-corrected chi connectivity index (χ3v) is 3.04. The molecule has 0 saturated carbocycles. The predicted octanol–water partition coefficient (Wildman–Crippen LogP) is 2.22. The van der Waals surface area contributed by atoms with Crippen molar-refractivity contribution in [2.24, 2.45) is 0 Å². The van der Waals surface area contributed by atoms with E-state index >= 15 is 0 Å². The first-order valence-electron chi connectivity index (χ1n) is 5.93. The van der Waals surface area contributed by atoms with Crippen LogP contribution in [0.2, 0.25) is 0 Å². The first kappa shape index (κ1) is 12.1. The minimum atomic E-state index is -0.551. The zero-order valence-corrected chi connectivity index (χ0v) is 10.6. The molecule has 20 heavy (non-hydrogen) atoms. The molecule has 0 bridgehead atoms. The fourth-order valence-electron chi connectivity index (χ4n) is 2.17. The summed E-state index contributed by atoms with van der Waals surface area (Å²) in [7, 11) is 0. The van der Waals surface area contributed by atoms with Gasteiger partial charge in [0.25, 0.3) is 0 Å². The van der Waals surface area contributed by atoms with Gasteiger partial charge in [-0.3, -0.25) is 14.7 Å². The van der Waals surface area contributed by atoms with Gasteiger partial charge in [0.2, 0.25) is 5.82 Å². The molecule has 2 aromatic heterocycles. The van der Waals surface area contributed by atoms with E-state index in [0.717, 1.165) is 16.9 Å². The van der Waals surface area contributed by atoms with Crippen LogP contribution in [0, 0.1) is 17.0 Å². The summed E-state index contributed by atoms with van der Waals surface area (Å²) in [6.07, 6.45) is 0. The molecule has 0 aliphatic rings. The minimum Gasteiger partial charge on any atom is -0.378 e. The number of aryl methyl sites for hydroxylation is 1. The van der Waals surface area contributed by atoms with Crippen molar-refractivity contribution >= 4 is 22.5 Å². The molecule has 0 aliphatic carbocycles. The summed E-state index contributed by atoms with van der Waals surface area (Å²) in [5.74, 6) is 1.15. The van der Waals surface area contributed by atoms with Gasteiger partial charge < -0.3 is 5.73 Å². The van der Waals surface area contributed by atoms with Gasteiger partial charge in [-0.25, -0.2) is 9.97 Å². The lowest BCUT2D eigenvalue weighted by Gasteiger charge is -2.06. The second kappa shape index (κ2) is 4.30. The summed E-state index contributed by atoms with van der Waals surface area (Å²) in [6.45, 7) is 1.85. The molecule has 0 radical (unpaired) electrons. The molecule has 3 aromatic rings. The van der Waals surface area contributed by atoms with E-state index in [1.165, 1.54) is 6.07 Å². The van der Waals surface area contributed by atoms with E-state index in [1.807, 2.05) is 35.8 Å². The Bertz CT molecular complexity index is 825. The van der Waals surface area contributed by atoms with Crippen molar-refractivity contribution in [2.45, 2.75) is 6.92 Å². The molecule has 3 rings (SSSR count). The van der Waals surface area contributed by atoms with Gasteiger partial charge in [0, 0.05) is 6.07 Å². The maximum Gasteiger partial charge on any atom is 0.311 e. The topological polar surface area (TPSA) is 99.9 Å². The Morgan fingerprint density at radius 3 is 2.65 bits per heavy atom. The molecule has 0 unspecified atom stereocenters. The smallest absolute Gasteiger partial charge is 0.311 e. The Balaban J connectivity index is 2.23. The molecule has 0 amide bonds. The largest absolute Gasteiger partial charge is 0.378 e. The van der Waals surface area contributed by atoms with E-state index in [4.69, 9.17) is 5.73 Å². The number of rotatable bonds is 2. The molecular weight excluding hydrogens is 258 g/mol. The summed E-state index contributed by atoms with van der Waals surface area (Å²) < 4.78 is 1.81. The molecular formula is C13H11N5O2. The van der Waals surface area contributed by atoms with Crippen molar-refractivity contribution in [3.05, 3.63) is 52.3 Å². The minimum absolute atomic E-state index is 0.107. The van der Waals surface area contributed by atoms with Crippen molar-refractivity contribution in [3.8, 4) is 5.82 Å². The molecule has 7 heteroatoms. The lowest BCUT2D eigenvalue weighted by atomic mass is 10.3. The third kappa shape index (κ3) is 1.76. The van der Waals surface area contributed by atoms with Gasteiger partial charge in [-0.05, 0) is 25.1 Å². The van der Waals surface area contributed by atoms with Gasteiger partial charge in [0.1, 0.15) is 11.6 Å². The number of fused-ring (bicyclic) bond motifs is 1. The monoisotopic (exact) mass is 269 g/mol. The highest BCUT2D eigenvalue weighted by Gasteiger charge is 2.16. The number of pyridine rings is 1. The third-order valence-electron chi connectivity index (χ3n) is 3.04. The number of anilines is 1. The van der Waals surface area contributed by atoms with Crippen molar-refractivity contribution < 1.29 is 4.92 Å². The van der Waals surface area contributed by atoms with Crippen LogP contribution in [-0.4, -0.2) is 19.5 Å². The molecule has 0 aliphatic heterocycles. The molecule has 0 atom stereocenters. The lowest BCUT2D eigenvalue weighted by molar-refractivity contribution is -0.384. The lowest BCUT2D eigenvalue weighted by Crippen LogP contribution is -2.04. The molecule has 2 heterocycles. The van der Waals surface area contributed by atoms with Gasteiger partial charge in [-0.2, -0.15) is 0 Å².